The van der Waals surface area contributed by atoms with E-state index in [0.717, 1.165) is 34.4 Å². The largest absolute Gasteiger partial charge is 0.475 e. The van der Waals surface area contributed by atoms with Gasteiger partial charge in [-0.1, -0.05) is 67.6 Å². The number of hydrogen-bond acceptors (Lipinski definition) is 5. The van der Waals surface area contributed by atoms with Crippen molar-refractivity contribution < 1.29 is 4.74 Å². The number of hydrogen-bond donors (Lipinski definition) is 2. The molecule has 2 aromatic carbocycles. The average Bonchev–Trinajstić information content (AvgIpc) is 3.47. The zero-order chi connectivity index (χ0) is 21.2. The van der Waals surface area contributed by atoms with Gasteiger partial charge in [0, 0.05) is 16.5 Å². The van der Waals surface area contributed by atoms with Crippen molar-refractivity contribution in [2.45, 2.75) is 32.1 Å². The van der Waals surface area contributed by atoms with Gasteiger partial charge in [0.05, 0.1) is 29.0 Å². The fourth-order valence-electron chi connectivity index (χ4n) is 4.31. The predicted molar refractivity (Wildman–Crippen MR) is 124 cm³/mol. The van der Waals surface area contributed by atoms with Gasteiger partial charge in [-0.3, -0.25) is 5.10 Å². The van der Waals surface area contributed by atoms with E-state index in [-0.39, 0.29) is 0 Å². The van der Waals surface area contributed by atoms with Crippen LogP contribution < -0.4 is 10.5 Å². The lowest BCUT2D eigenvalue weighted by Crippen LogP contribution is -2.09. The van der Waals surface area contributed by atoms with Crippen molar-refractivity contribution in [2.24, 2.45) is 5.92 Å². The van der Waals surface area contributed by atoms with Crippen molar-refractivity contribution in [3.05, 3.63) is 53.7 Å². The van der Waals surface area contributed by atoms with E-state index in [4.69, 9.17) is 32.0 Å². The molecule has 1 fully saturated rings. The summed E-state index contributed by atoms with van der Waals surface area (Å²) in [7, 11) is 0. The molecule has 0 aliphatic heterocycles. The highest BCUT2D eigenvalue weighted by atomic mass is 35.5. The van der Waals surface area contributed by atoms with E-state index in [1.54, 1.807) is 6.20 Å². The van der Waals surface area contributed by atoms with E-state index in [1.165, 1.54) is 25.7 Å². The van der Waals surface area contributed by atoms with Crippen molar-refractivity contribution in [3.8, 4) is 28.4 Å². The molecule has 0 spiro atoms. The molecule has 0 bridgehead atoms. The van der Waals surface area contributed by atoms with E-state index >= 15 is 0 Å². The first-order valence-corrected chi connectivity index (χ1v) is 11.1. The quantitative estimate of drug-likeness (QED) is 0.396. The Labute approximate surface area is 185 Å². The molecule has 31 heavy (non-hydrogen) atoms. The van der Waals surface area contributed by atoms with Crippen LogP contribution in [0.3, 0.4) is 0 Å². The van der Waals surface area contributed by atoms with Crippen LogP contribution in [0, 0.1) is 5.92 Å². The summed E-state index contributed by atoms with van der Waals surface area (Å²) in [5, 5.41) is 8.50. The monoisotopic (exact) mass is 433 g/mol. The standard InChI is InChI=1S/C24H24ClN5O/c25-19-13-17(12-18-14-27-30-20(18)19)22-21(16-8-2-1-3-9-16)28-23(26)24(29-22)31-11-10-15-6-4-5-7-15/h1-3,8-9,12-15H,4-7,10-11H2,(H2,26,28)(H,27,30). The summed E-state index contributed by atoms with van der Waals surface area (Å²) in [5.74, 6) is 1.40. The number of nitrogens with two attached hydrogens (primary N) is 1. The lowest BCUT2D eigenvalue weighted by atomic mass is 10.0. The SMILES string of the molecule is Nc1nc(-c2ccccc2)c(-c2cc(Cl)c3[nH]ncc3c2)nc1OCCC1CCCC1. The second-order valence-corrected chi connectivity index (χ2v) is 8.46. The molecule has 0 unspecified atom stereocenters. The maximum atomic E-state index is 6.50. The number of anilines is 1. The third-order valence-corrected chi connectivity index (χ3v) is 6.25. The Morgan fingerprint density at radius 2 is 1.81 bits per heavy atom. The van der Waals surface area contributed by atoms with Gasteiger partial charge >= 0.3 is 0 Å². The fourth-order valence-corrected chi connectivity index (χ4v) is 4.58. The number of nitrogens with zero attached hydrogens (tertiary/aromatic N) is 3. The molecule has 158 valence electrons. The minimum absolute atomic E-state index is 0.296. The van der Waals surface area contributed by atoms with Crippen LogP contribution >= 0.6 is 11.6 Å². The molecule has 0 saturated heterocycles. The second kappa shape index (κ2) is 8.55. The van der Waals surface area contributed by atoms with Crippen molar-refractivity contribution in [2.75, 3.05) is 12.3 Å². The van der Waals surface area contributed by atoms with Crippen molar-refractivity contribution in [1.29, 1.82) is 0 Å². The Morgan fingerprint density at radius 1 is 1.03 bits per heavy atom. The minimum Gasteiger partial charge on any atom is -0.475 e. The molecular formula is C24H24ClN5O. The Balaban J connectivity index is 1.55. The molecule has 0 atom stereocenters. The number of nitrogens with one attached hydrogen (secondary N) is 1. The number of aromatic amines is 1. The van der Waals surface area contributed by atoms with Crippen molar-refractivity contribution in [3.63, 3.8) is 0 Å². The van der Waals surface area contributed by atoms with E-state index in [9.17, 15) is 0 Å². The summed E-state index contributed by atoms with van der Waals surface area (Å²) >= 11 is 6.50. The van der Waals surface area contributed by atoms with Gasteiger partial charge in [-0.15, -0.1) is 0 Å². The first-order chi connectivity index (χ1) is 15.2. The number of ether oxygens (including phenoxy) is 1. The summed E-state index contributed by atoms with van der Waals surface area (Å²) in [6, 6.07) is 13.8. The Hall–Kier alpha value is -3.12. The summed E-state index contributed by atoms with van der Waals surface area (Å²) < 4.78 is 6.00. The number of aromatic nitrogens is 4. The highest BCUT2D eigenvalue weighted by molar-refractivity contribution is 6.35. The molecule has 0 amide bonds. The van der Waals surface area contributed by atoms with Crippen LogP contribution in [-0.4, -0.2) is 26.8 Å². The van der Waals surface area contributed by atoms with Crippen LogP contribution in [-0.2, 0) is 0 Å². The number of nitrogen functional groups attached to an aromatic ring is 1. The molecule has 1 aliphatic carbocycles. The molecule has 0 radical (unpaired) electrons. The topological polar surface area (TPSA) is 89.7 Å². The third-order valence-electron chi connectivity index (χ3n) is 5.95. The summed E-state index contributed by atoms with van der Waals surface area (Å²) in [4.78, 5) is 9.51. The number of fused-ring (bicyclic) bond motifs is 1. The molecule has 1 aliphatic rings. The maximum Gasteiger partial charge on any atom is 0.257 e. The van der Waals surface area contributed by atoms with Gasteiger partial charge in [0.1, 0.15) is 5.69 Å². The maximum absolute atomic E-state index is 6.50. The van der Waals surface area contributed by atoms with Gasteiger partial charge in [-0.2, -0.15) is 5.10 Å². The highest BCUT2D eigenvalue weighted by Gasteiger charge is 2.19. The average molecular weight is 434 g/mol. The Kier molecular flexibility index (Phi) is 5.47. The molecule has 6 nitrogen and oxygen atoms in total. The van der Waals surface area contributed by atoms with Gasteiger partial charge in [-0.05, 0) is 24.5 Å². The van der Waals surface area contributed by atoms with Gasteiger partial charge in [-0.25, -0.2) is 9.97 Å². The van der Waals surface area contributed by atoms with Crippen molar-refractivity contribution in [1.82, 2.24) is 20.2 Å². The smallest absolute Gasteiger partial charge is 0.257 e. The normalized spacial score (nSPS) is 14.4. The van der Waals surface area contributed by atoms with Crippen LogP contribution in [0.25, 0.3) is 33.4 Å². The van der Waals surface area contributed by atoms with Crippen LogP contribution in [0.5, 0.6) is 5.88 Å². The predicted octanol–water partition coefficient (Wildman–Crippen LogP) is 5.88. The Bertz CT molecular complexity index is 1200. The van der Waals surface area contributed by atoms with Crippen LogP contribution in [0.4, 0.5) is 5.82 Å². The fraction of sp³-hybridized carbons (Fsp3) is 0.292. The van der Waals surface area contributed by atoms with E-state index in [0.29, 0.717) is 34.7 Å². The molecule has 5 rings (SSSR count). The third kappa shape index (κ3) is 4.08. The first kappa shape index (κ1) is 19.8. The van der Waals surface area contributed by atoms with E-state index < -0.39 is 0 Å². The van der Waals surface area contributed by atoms with Crippen LogP contribution in [0.1, 0.15) is 32.1 Å². The highest BCUT2D eigenvalue weighted by Crippen LogP contribution is 2.36. The lowest BCUT2D eigenvalue weighted by Gasteiger charge is -2.15. The molecular weight excluding hydrogens is 410 g/mol. The Morgan fingerprint density at radius 3 is 2.61 bits per heavy atom. The summed E-state index contributed by atoms with van der Waals surface area (Å²) in [6.07, 6.45) is 7.97. The molecule has 3 N–H and O–H groups in total. The molecule has 4 aromatic rings. The van der Waals surface area contributed by atoms with Gasteiger partial charge in [0.15, 0.2) is 5.82 Å². The van der Waals surface area contributed by atoms with Gasteiger partial charge < -0.3 is 10.5 Å². The van der Waals surface area contributed by atoms with Gasteiger partial charge in [0.25, 0.3) is 5.88 Å². The number of H-pyrrole nitrogens is 1. The zero-order valence-corrected chi connectivity index (χ0v) is 17.9. The minimum atomic E-state index is 0.296. The van der Waals surface area contributed by atoms with E-state index in [2.05, 4.69) is 10.2 Å². The van der Waals surface area contributed by atoms with Crippen LogP contribution in [0.2, 0.25) is 5.02 Å². The molecule has 7 heteroatoms. The number of rotatable bonds is 6. The molecule has 2 aromatic heterocycles. The van der Waals surface area contributed by atoms with Crippen LogP contribution in [0.15, 0.2) is 48.7 Å². The van der Waals surface area contributed by atoms with E-state index in [1.807, 2.05) is 42.5 Å². The lowest BCUT2D eigenvalue weighted by molar-refractivity contribution is 0.271. The molecule has 2 heterocycles. The number of benzene rings is 2. The molecule has 1 saturated carbocycles. The van der Waals surface area contributed by atoms with Crippen molar-refractivity contribution >= 4 is 28.3 Å². The first-order valence-electron chi connectivity index (χ1n) is 10.7. The second-order valence-electron chi connectivity index (χ2n) is 8.06. The zero-order valence-electron chi connectivity index (χ0n) is 17.1. The number of halogens is 1. The summed E-state index contributed by atoms with van der Waals surface area (Å²) in [5.41, 5.74) is 10.2. The summed E-state index contributed by atoms with van der Waals surface area (Å²) in [6.45, 7) is 0.592. The van der Waals surface area contributed by atoms with Gasteiger partial charge in [0.2, 0.25) is 0 Å².